The standard InChI is InChI=1S/C14H26N2O4/c1-4-11-5-7-14(8-6-11,12(18)19)15-13(20)16(3)10(2)9-17/h10-11,17H,4-9H2,1-3H3,(H,15,20)(H,18,19). The summed E-state index contributed by atoms with van der Waals surface area (Å²) < 4.78 is 0. The fourth-order valence-electron chi connectivity index (χ4n) is 2.59. The second-order valence-electron chi connectivity index (χ2n) is 5.81. The third kappa shape index (κ3) is 3.62. The molecule has 1 atom stereocenters. The van der Waals surface area contributed by atoms with Gasteiger partial charge in [0.1, 0.15) is 5.54 Å². The molecule has 116 valence electrons. The number of carbonyl (C=O) groups is 2. The van der Waals surface area contributed by atoms with Crippen LogP contribution in [-0.2, 0) is 4.79 Å². The van der Waals surface area contributed by atoms with Gasteiger partial charge in [-0.15, -0.1) is 0 Å². The van der Waals surface area contributed by atoms with Crippen molar-refractivity contribution in [2.75, 3.05) is 13.7 Å². The minimum atomic E-state index is -1.16. The van der Waals surface area contributed by atoms with E-state index in [1.807, 2.05) is 0 Å². The number of aliphatic hydroxyl groups is 1. The molecule has 0 radical (unpaired) electrons. The molecule has 1 aliphatic carbocycles. The van der Waals surface area contributed by atoms with Crippen molar-refractivity contribution in [3.63, 3.8) is 0 Å². The molecule has 2 amide bonds. The number of hydrogen-bond acceptors (Lipinski definition) is 3. The lowest BCUT2D eigenvalue weighted by Crippen LogP contribution is -2.60. The molecule has 0 aromatic rings. The van der Waals surface area contributed by atoms with Crippen molar-refractivity contribution in [2.45, 2.75) is 57.5 Å². The van der Waals surface area contributed by atoms with E-state index in [0.717, 1.165) is 19.3 Å². The summed E-state index contributed by atoms with van der Waals surface area (Å²) in [5, 5.41) is 21.2. The minimum absolute atomic E-state index is 0.151. The summed E-state index contributed by atoms with van der Waals surface area (Å²) in [7, 11) is 1.56. The van der Waals surface area contributed by atoms with Gasteiger partial charge in [-0.2, -0.15) is 0 Å². The van der Waals surface area contributed by atoms with Crippen LogP contribution in [0.3, 0.4) is 0 Å². The lowest BCUT2D eigenvalue weighted by molar-refractivity contribution is -0.146. The van der Waals surface area contributed by atoms with E-state index in [9.17, 15) is 14.7 Å². The van der Waals surface area contributed by atoms with Gasteiger partial charge < -0.3 is 20.4 Å². The molecule has 0 aromatic heterocycles. The summed E-state index contributed by atoms with van der Waals surface area (Å²) in [6.07, 6.45) is 3.62. The molecule has 0 bridgehead atoms. The zero-order valence-corrected chi connectivity index (χ0v) is 12.6. The Morgan fingerprint density at radius 1 is 1.40 bits per heavy atom. The number of carbonyl (C=O) groups excluding carboxylic acids is 1. The highest BCUT2D eigenvalue weighted by Crippen LogP contribution is 2.34. The van der Waals surface area contributed by atoms with Crippen LogP contribution in [0.25, 0.3) is 0 Å². The molecule has 0 aromatic carbocycles. The predicted octanol–water partition coefficient (Wildman–Crippen LogP) is 1.43. The number of aliphatic hydroxyl groups excluding tert-OH is 1. The summed E-state index contributed by atoms with van der Waals surface area (Å²) in [6.45, 7) is 3.66. The Morgan fingerprint density at radius 2 is 1.95 bits per heavy atom. The fourth-order valence-corrected chi connectivity index (χ4v) is 2.59. The van der Waals surface area contributed by atoms with E-state index in [0.29, 0.717) is 18.8 Å². The number of amides is 2. The molecule has 1 rings (SSSR count). The predicted molar refractivity (Wildman–Crippen MR) is 75.5 cm³/mol. The lowest BCUT2D eigenvalue weighted by Gasteiger charge is -2.38. The quantitative estimate of drug-likeness (QED) is 0.713. The van der Waals surface area contributed by atoms with Crippen LogP contribution >= 0.6 is 0 Å². The Bertz CT molecular complexity index is 351. The largest absolute Gasteiger partial charge is 0.480 e. The molecule has 1 saturated carbocycles. The van der Waals surface area contributed by atoms with E-state index in [4.69, 9.17) is 5.11 Å². The number of urea groups is 1. The summed E-state index contributed by atoms with van der Waals surface area (Å²) in [5.74, 6) is -0.418. The van der Waals surface area contributed by atoms with Gasteiger partial charge in [0.15, 0.2) is 0 Å². The van der Waals surface area contributed by atoms with Crippen LogP contribution < -0.4 is 5.32 Å². The van der Waals surface area contributed by atoms with Crippen molar-refractivity contribution < 1.29 is 19.8 Å². The highest BCUT2D eigenvalue weighted by atomic mass is 16.4. The SMILES string of the molecule is CCC1CCC(NC(=O)N(C)C(C)CO)(C(=O)O)CC1. The van der Waals surface area contributed by atoms with Crippen LogP contribution in [0.4, 0.5) is 4.79 Å². The summed E-state index contributed by atoms with van der Waals surface area (Å²) in [5.41, 5.74) is -1.16. The number of rotatable bonds is 5. The maximum atomic E-state index is 12.1. The average molecular weight is 286 g/mol. The summed E-state index contributed by atoms with van der Waals surface area (Å²) >= 11 is 0. The van der Waals surface area contributed by atoms with Gasteiger partial charge in [-0.3, -0.25) is 0 Å². The normalized spacial score (nSPS) is 27.7. The van der Waals surface area contributed by atoms with E-state index >= 15 is 0 Å². The number of carboxylic acids is 1. The van der Waals surface area contributed by atoms with Crippen LogP contribution in [0.5, 0.6) is 0 Å². The Hall–Kier alpha value is -1.30. The Kier molecular flexibility index (Phi) is 5.80. The maximum absolute atomic E-state index is 12.1. The number of hydrogen-bond donors (Lipinski definition) is 3. The van der Waals surface area contributed by atoms with Gasteiger partial charge in [-0.05, 0) is 38.5 Å². The molecular weight excluding hydrogens is 260 g/mol. The number of carboxylic acid groups (broad SMARTS) is 1. The first kappa shape index (κ1) is 16.8. The molecule has 0 aliphatic heterocycles. The zero-order valence-electron chi connectivity index (χ0n) is 12.6. The molecule has 6 nitrogen and oxygen atoms in total. The number of nitrogens with one attached hydrogen (secondary N) is 1. The molecular formula is C14H26N2O4. The van der Waals surface area contributed by atoms with Crippen molar-refractivity contribution in [1.29, 1.82) is 0 Å². The topological polar surface area (TPSA) is 89.9 Å². The second kappa shape index (κ2) is 6.92. The van der Waals surface area contributed by atoms with Crippen molar-refractivity contribution in [2.24, 2.45) is 5.92 Å². The maximum Gasteiger partial charge on any atom is 0.329 e. The van der Waals surface area contributed by atoms with Crippen LogP contribution in [0.15, 0.2) is 0 Å². The van der Waals surface area contributed by atoms with Gasteiger partial charge in [-0.25, -0.2) is 9.59 Å². The van der Waals surface area contributed by atoms with E-state index in [2.05, 4.69) is 12.2 Å². The highest BCUT2D eigenvalue weighted by Gasteiger charge is 2.43. The van der Waals surface area contributed by atoms with Crippen LogP contribution in [0.1, 0.15) is 46.0 Å². The van der Waals surface area contributed by atoms with Crippen molar-refractivity contribution in [1.82, 2.24) is 10.2 Å². The van der Waals surface area contributed by atoms with Crippen molar-refractivity contribution >= 4 is 12.0 Å². The van der Waals surface area contributed by atoms with Gasteiger partial charge in [0.05, 0.1) is 12.6 Å². The average Bonchev–Trinajstić information content (AvgIpc) is 2.46. The molecule has 1 unspecified atom stereocenters. The number of aliphatic carboxylic acids is 1. The van der Waals surface area contributed by atoms with Gasteiger partial charge in [-0.1, -0.05) is 13.3 Å². The smallest absolute Gasteiger partial charge is 0.329 e. The van der Waals surface area contributed by atoms with E-state index < -0.39 is 17.5 Å². The van der Waals surface area contributed by atoms with Gasteiger partial charge in [0.25, 0.3) is 0 Å². The van der Waals surface area contributed by atoms with Crippen molar-refractivity contribution in [3.8, 4) is 0 Å². The Labute approximate surface area is 120 Å². The third-order valence-electron chi connectivity index (χ3n) is 4.54. The molecule has 1 fully saturated rings. The summed E-state index contributed by atoms with van der Waals surface area (Å²) in [4.78, 5) is 25.0. The van der Waals surface area contributed by atoms with Gasteiger partial charge in [0.2, 0.25) is 0 Å². The van der Waals surface area contributed by atoms with Crippen LogP contribution in [0, 0.1) is 5.92 Å². The Morgan fingerprint density at radius 3 is 2.35 bits per heavy atom. The number of nitrogens with zero attached hydrogens (tertiary/aromatic N) is 1. The molecule has 0 spiro atoms. The Balaban J connectivity index is 2.74. The molecule has 1 aliphatic rings. The second-order valence-corrected chi connectivity index (χ2v) is 5.81. The lowest BCUT2D eigenvalue weighted by atomic mass is 9.75. The van der Waals surface area contributed by atoms with Gasteiger partial charge in [0, 0.05) is 7.05 Å². The third-order valence-corrected chi connectivity index (χ3v) is 4.54. The zero-order chi connectivity index (χ0) is 15.3. The van der Waals surface area contributed by atoms with Crippen LogP contribution in [0.2, 0.25) is 0 Å². The summed E-state index contributed by atoms with van der Waals surface area (Å²) in [6, 6.07) is -0.781. The van der Waals surface area contributed by atoms with E-state index in [-0.39, 0.29) is 12.6 Å². The first-order valence-electron chi connectivity index (χ1n) is 7.25. The molecule has 0 saturated heterocycles. The van der Waals surface area contributed by atoms with E-state index in [1.165, 1.54) is 4.90 Å². The first-order chi connectivity index (χ1) is 9.36. The highest BCUT2D eigenvalue weighted by molar-refractivity contribution is 5.86. The molecule has 0 heterocycles. The molecule has 20 heavy (non-hydrogen) atoms. The minimum Gasteiger partial charge on any atom is -0.480 e. The first-order valence-corrected chi connectivity index (χ1v) is 7.25. The number of likely N-dealkylation sites (N-methyl/N-ethyl adjacent to an activating group) is 1. The molecule has 6 heteroatoms. The van der Waals surface area contributed by atoms with Crippen LogP contribution in [-0.4, -0.2) is 52.3 Å². The van der Waals surface area contributed by atoms with Crippen molar-refractivity contribution in [3.05, 3.63) is 0 Å². The van der Waals surface area contributed by atoms with E-state index in [1.54, 1.807) is 14.0 Å². The van der Waals surface area contributed by atoms with Gasteiger partial charge >= 0.3 is 12.0 Å². The molecule has 3 N–H and O–H groups in total. The fraction of sp³-hybridized carbons (Fsp3) is 0.857. The monoisotopic (exact) mass is 286 g/mol.